The van der Waals surface area contributed by atoms with Crippen molar-refractivity contribution in [1.82, 2.24) is 4.98 Å². The number of halogens is 1. The minimum Gasteiger partial charge on any atom is -0.383 e. The van der Waals surface area contributed by atoms with Crippen molar-refractivity contribution in [2.24, 2.45) is 5.92 Å². The number of nitro groups is 1. The summed E-state index contributed by atoms with van der Waals surface area (Å²) in [5.74, 6) is 0.904. The van der Waals surface area contributed by atoms with Gasteiger partial charge >= 0.3 is 0 Å². The molecule has 0 aliphatic carbocycles. The molecule has 1 aromatic heterocycles. The highest BCUT2D eigenvalue weighted by Gasteiger charge is 2.16. The van der Waals surface area contributed by atoms with E-state index >= 15 is 0 Å². The molecule has 0 bridgehead atoms. The van der Waals surface area contributed by atoms with Gasteiger partial charge in [0.25, 0.3) is 5.69 Å². The van der Waals surface area contributed by atoms with E-state index in [9.17, 15) is 10.1 Å². The zero-order chi connectivity index (χ0) is 14.4. The van der Waals surface area contributed by atoms with Gasteiger partial charge in [-0.05, 0) is 5.92 Å². The molecule has 6 nitrogen and oxygen atoms in total. The molecule has 1 heterocycles. The number of pyridine rings is 1. The second-order valence-corrected chi connectivity index (χ2v) is 4.98. The van der Waals surface area contributed by atoms with Crippen LogP contribution < -0.4 is 4.90 Å². The summed E-state index contributed by atoms with van der Waals surface area (Å²) >= 11 is 5.84. The van der Waals surface area contributed by atoms with Crippen LogP contribution in [0.4, 0.5) is 11.5 Å². The standard InChI is InChI=1S/C12H18ClN3O3/c1-9(2)8-15(4-5-19-3)12-7-10(16(17)18)6-11(13)14-12/h6-7,9H,4-5,8H2,1-3H3. The Morgan fingerprint density at radius 3 is 2.74 bits per heavy atom. The molecule has 0 aromatic carbocycles. The van der Waals surface area contributed by atoms with Gasteiger partial charge in [-0.1, -0.05) is 25.4 Å². The lowest BCUT2D eigenvalue weighted by molar-refractivity contribution is -0.384. The number of nitrogens with zero attached hydrogens (tertiary/aromatic N) is 3. The minimum atomic E-state index is -0.471. The van der Waals surface area contributed by atoms with Crippen LogP contribution in [0, 0.1) is 16.0 Å². The topological polar surface area (TPSA) is 68.5 Å². The van der Waals surface area contributed by atoms with E-state index in [-0.39, 0.29) is 10.8 Å². The zero-order valence-corrected chi connectivity index (χ0v) is 12.1. The second-order valence-electron chi connectivity index (χ2n) is 4.60. The molecule has 0 radical (unpaired) electrons. The first-order valence-electron chi connectivity index (χ1n) is 6.00. The van der Waals surface area contributed by atoms with Crippen molar-refractivity contribution in [3.05, 3.63) is 27.4 Å². The van der Waals surface area contributed by atoms with E-state index < -0.39 is 4.92 Å². The van der Waals surface area contributed by atoms with Crippen LogP contribution in [-0.4, -0.2) is 36.7 Å². The van der Waals surface area contributed by atoms with Crippen LogP contribution in [0.3, 0.4) is 0 Å². The zero-order valence-electron chi connectivity index (χ0n) is 11.3. The molecular weight excluding hydrogens is 270 g/mol. The number of aromatic nitrogens is 1. The Kier molecular flexibility index (Phi) is 5.98. The molecule has 106 valence electrons. The van der Waals surface area contributed by atoms with Gasteiger partial charge in [0.1, 0.15) is 11.0 Å². The molecule has 0 aliphatic rings. The fourth-order valence-corrected chi connectivity index (χ4v) is 1.88. The number of ether oxygens (including phenoxy) is 1. The Labute approximate surface area is 117 Å². The summed E-state index contributed by atoms with van der Waals surface area (Å²) in [7, 11) is 1.61. The maximum atomic E-state index is 10.8. The maximum Gasteiger partial charge on any atom is 0.276 e. The van der Waals surface area contributed by atoms with Gasteiger partial charge in [0.05, 0.1) is 23.7 Å². The normalized spacial score (nSPS) is 10.8. The summed E-state index contributed by atoms with van der Waals surface area (Å²) in [6.45, 7) is 6.00. The Hall–Kier alpha value is -1.40. The first-order valence-corrected chi connectivity index (χ1v) is 6.37. The number of hydrogen-bond donors (Lipinski definition) is 0. The van der Waals surface area contributed by atoms with Gasteiger partial charge in [-0.15, -0.1) is 0 Å². The van der Waals surface area contributed by atoms with Crippen molar-refractivity contribution >= 4 is 23.1 Å². The highest BCUT2D eigenvalue weighted by Crippen LogP contribution is 2.23. The van der Waals surface area contributed by atoms with Crippen LogP contribution in [0.2, 0.25) is 5.15 Å². The summed E-state index contributed by atoms with van der Waals surface area (Å²) in [6, 6.07) is 2.68. The van der Waals surface area contributed by atoms with Crippen molar-refractivity contribution in [2.75, 3.05) is 31.7 Å². The first-order chi connectivity index (χ1) is 8.93. The Bertz CT molecular complexity index is 440. The SMILES string of the molecule is COCCN(CC(C)C)c1cc([N+](=O)[O-])cc(Cl)n1. The fraction of sp³-hybridized carbons (Fsp3) is 0.583. The van der Waals surface area contributed by atoms with Gasteiger partial charge in [0.15, 0.2) is 0 Å². The van der Waals surface area contributed by atoms with Crippen LogP contribution in [0.5, 0.6) is 0 Å². The summed E-state index contributed by atoms with van der Waals surface area (Å²) < 4.78 is 5.05. The van der Waals surface area contributed by atoms with E-state index in [4.69, 9.17) is 16.3 Å². The Balaban J connectivity index is 3.02. The third kappa shape index (κ3) is 5.00. The van der Waals surface area contributed by atoms with Crippen LogP contribution in [0.25, 0.3) is 0 Å². The maximum absolute atomic E-state index is 10.8. The van der Waals surface area contributed by atoms with Crippen molar-refractivity contribution in [3.63, 3.8) is 0 Å². The monoisotopic (exact) mass is 287 g/mol. The molecule has 0 spiro atoms. The highest BCUT2D eigenvalue weighted by atomic mass is 35.5. The summed E-state index contributed by atoms with van der Waals surface area (Å²) in [6.07, 6.45) is 0. The number of rotatable bonds is 7. The summed E-state index contributed by atoms with van der Waals surface area (Å²) in [5.41, 5.74) is -0.0545. The predicted molar refractivity (Wildman–Crippen MR) is 74.8 cm³/mol. The first kappa shape index (κ1) is 15.7. The molecule has 0 atom stereocenters. The van der Waals surface area contributed by atoms with E-state index in [1.807, 2.05) is 4.90 Å². The molecular formula is C12H18ClN3O3. The van der Waals surface area contributed by atoms with Gasteiger partial charge in [-0.25, -0.2) is 4.98 Å². The van der Waals surface area contributed by atoms with Crippen molar-refractivity contribution < 1.29 is 9.66 Å². The fourth-order valence-electron chi connectivity index (χ4n) is 1.68. The third-order valence-corrected chi connectivity index (χ3v) is 2.64. The highest BCUT2D eigenvalue weighted by molar-refractivity contribution is 6.29. The molecule has 19 heavy (non-hydrogen) atoms. The van der Waals surface area contributed by atoms with Gasteiger partial charge in [-0.2, -0.15) is 0 Å². The van der Waals surface area contributed by atoms with E-state index in [2.05, 4.69) is 18.8 Å². The lowest BCUT2D eigenvalue weighted by Gasteiger charge is -2.25. The molecule has 0 N–H and O–H groups in total. The molecule has 0 amide bonds. The second kappa shape index (κ2) is 7.25. The average Bonchev–Trinajstić information content (AvgIpc) is 2.33. The molecule has 7 heteroatoms. The largest absolute Gasteiger partial charge is 0.383 e. The van der Waals surface area contributed by atoms with Crippen molar-refractivity contribution in [2.45, 2.75) is 13.8 Å². The molecule has 0 saturated heterocycles. The molecule has 1 aromatic rings. The molecule has 0 saturated carbocycles. The molecule has 0 aliphatic heterocycles. The molecule has 0 fully saturated rings. The number of methoxy groups -OCH3 is 1. The predicted octanol–water partition coefficient (Wildman–Crippen LogP) is 2.75. The quantitative estimate of drug-likeness (QED) is 0.438. The lowest BCUT2D eigenvalue weighted by atomic mass is 10.2. The van der Waals surface area contributed by atoms with E-state index in [1.165, 1.54) is 12.1 Å². The van der Waals surface area contributed by atoms with Crippen molar-refractivity contribution in [1.29, 1.82) is 0 Å². The molecule has 1 rings (SSSR count). The van der Waals surface area contributed by atoms with Gasteiger partial charge in [0, 0.05) is 20.2 Å². The smallest absolute Gasteiger partial charge is 0.276 e. The minimum absolute atomic E-state index is 0.0545. The average molecular weight is 288 g/mol. The van der Waals surface area contributed by atoms with Crippen LogP contribution >= 0.6 is 11.6 Å². The van der Waals surface area contributed by atoms with Gasteiger partial charge in [0.2, 0.25) is 0 Å². The third-order valence-electron chi connectivity index (χ3n) is 2.45. The molecule has 0 unspecified atom stereocenters. The van der Waals surface area contributed by atoms with Crippen molar-refractivity contribution in [3.8, 4) is 0 Å². The van der Waals surface area contributed by atoms with Crippen LogP contribution in [-0.2, 0) is 4.74 Å². The Morgan fingerprint density at radius 2 is 2.21 bits per heavy atom. The van der Waals surface area contributed by atoms with E-state index in [0.717, 1.165) is 6.54 Å². The van der Waals surface area contributed by atoms with Crippen LogP contribution in [0.1, 0.15) is 13.8 Å². The van der Waals surface area contributed by atoms with Gasteiger partial charge < -0.3 is 9.64 Å². The summed E-state index contributed by atoms with van der Waals surface area (Å²) in [5, 5.41) is 11.0. The number of hydrogen-bond acceptors (Lipinski definition) is 5. The van der Waals surface area contributed by atoms with E-state index in [1.54, 1.807) is 7.11 Å². The summed E-state index contributed by atoms with van der Waals surface area (Å²) in [4.78, 5) is 16.5. The lowest BCUT2D eigenvalue weighted by Crippen LogP contribution is -2.31. The van der Waals surface area contributed by atoms with Crippen LogP contribution in [0.15, 0.2) is 12.1 Å². The number of anilines is 1. The van der Waals surface area contributed by atoms with E-state index in [0.29, 0.717) is 24.9 Å². The van der Waals surface area contributed by atoms with Gasteiger partial charge in [-0.3, -0.25) is 10.1 Å². The Morgan fingerprint density at radius 1 is 1.53 bits per heavy atom.